The molecular weight excluding hydrogens is 208 g/mol. The summed E-state index contributed by atoms with van der Waals surface area (Å²) in [5.74, 6) is 1.41. The predicted molar refractivity (Wildman–Crippen MR) is 72.2 cm³/mol. The van der Waals surface area contributed by atoms with Gasteiger partial charge in [0.15, 0.2) is 0 Å². The van der Waals surface area contributed by atoms with Crippen molar-refractivity contribution < 1.29 is 0 Å². The van der Waals surface area contributed by atoms with Crippen molar-refractivity contribution >= 4 is 0 Å². The number of likely N-dealkylation sites (N-methyl/N-ethyl adjacent to an activating group) is 1. The van der Waals surface area contributed by atoms with Crippen molar-refractivity contribution in [3.05, 3.63) is 29.6 Å². The Hall–Kier alpha value is -0.890. The Kier molecular flexibility index (Phi) is 4.16. The maximum absolute atomic E-state index is 4.60. The van der Waals surface area contributed by atoms with Crippen LogP contribution in [0.4, 0.5) is 0 Å². The Morgan fingerprint density at radius 3 is 3.06 bits per heavy atom. The maximum Gasteiger partial charge on any atom is 0.0482 e. The van der Waals surface area contributed by atoms with Crippen molar-refractivity contribution in [2.24, 2.45) is 5.92 Å². The molecule has 0 radical (unpaired) electrons. The lowest BCUT2D eigenvalue weighted by Crippen LogP contribution is -2.33. The van der Waals surface area contributed by atoms with E-state index in [4.69, 9.17) is 0 Å². The third-order valence-electron chi connectivity index (χ3n) is 4.21. The fourth-order valence-electron chi connectivity index (χ4n) is 2.92. The smallest absolute Gasteiger partial charge is 0.0482 e. The number of aromatic nitrogens is 1. The molecule has 3 atom stereocenters. The number of rotatable bonds is 5. The van der Waals surface area contributed by atoms with Crippen molar-refractivity contribution in [1.29, 1.82) is 0 Å². The molecule has 0 fully saturated rings. The lowest BCUT2D eigenvalue weighted by molar-refractivity contribution is 0.359. The second-order valence-corrected chi connectivity index (χ2v) is 5.34. The number of nitrogens with zero attached hydrogens (tertiary/aromatic N) is 1. The molecule has 1 aliphatic rings. The van der Waals surface area contributed by atoms with Crippen molar-refractivity contribution in [2.45, 2.75) is 51.5 Å². The number of nitrogens with one attached hydrogen (secondary N) is 1. The van der Waals surface area contributed by atoms with Gasteiger partial charge in [0.2, 0.25) is 0 Å². The van der Waals surface area contributed by atoms with E-state index in [0.29, 0.717) is 12.0 Å². The zero-order valence-electron chi connectivity index (χ0n) is 11.2. The minimum absolute atomic E-state index is 0.584. The molecule has 1 aromatic rings. The fourth-order valence-corrected chi connectivity index (χ4v) is 2.92. The van der Waals surface area contributed by atoms with Gasteiger partial charge in [0.25, 0.3) is 0 Å². The summed E-state index contributed by atoms with van der Waals surface area (Å²) < 4.78 is 0. The highest BCUT2D eigenvalue weighted by molar-refractivity contribution is 5.29. The highest BCUT2D eigenvalue weighted by atomic mass is 14.9. The molecule has 94 valence electrons. The van der Waals surface area contributed by atoms with E-state index < -0.39 is 0 Å². The SMILES string of the molecule is CCC(C)CC(NC)C1CCc2cccnc21. The number of hydrogen-bond acceptors (Lipinski definition) is 2. The van der Waals surface area contributed by atoms with Crippen LogP contribution in [0.1, 0.15) is 50.3 Å². The first-order chi connectivity index (χ1) is 8.26. The second-order valence-electron chi connectivity index (χ2n) is 5.34. The normalized spacial score (nSPS) is 22.2. The highest BCUT2D eigenvalue weighted by Gasteiger charge is 2.30. The summed E-state index contributed by atoms with van der Waals surface area (Å²) in [6, 6.07) is 4.88. The van der Waals surface area contributed by atoms with Gasteiger partial charge in [-0.1, -0.05) is 26.3 Å². The molecule has 1 aromatic heterocycles. The molecule has 2 rings (SSSR count). The number of aryl methyl sites for hydroxylation is 1. The number of hydrogen-bond donors (Lipinski definition) is 1. The standard InChI is InChI=1S/C15H24N2/c1-4-11(2)10-14(16-3)13-8-7-12-6-5-9-17-15(12)13/h5-6,9,11,13-14,16H,4,7-8,10H2,1-3H3. The molecule has 1 aliphatic carbocycles. The molecule has 1 heterocycles. The van der Waals surface area contributed by atoms with Crippen LogP contribution in [0.15, 0.2) is 18.3 Å². The van der Waals surface area contributed by atoms with Crippen LogP contribution >= 0.6 is 0 Å². The van der Waals surface area contributed by atoms with Gasteiger partial charge in [0.05, 0.1) is 0 Å². The molecule has 0 amide bonds. The first kappa shape index (κ1) is 12.6. The molecule has 1 N–H and O–H groups in total. The van der Waals surface area contributed by atoms with Gasteiger partial charge in [-0.15, -0.1) is 0 Å². The molecule has 0 spiro atoms. The summed E-state index contributed by atoms with van der Waals surface area (Å²) in [6.07, 6.45) is 6.92. The largest absolute Gasteiger partial charge is 0.316 e. The number of fused-ring (bicyclic) bond motifs is 1. The Morgan fingerprint density at radius 2 is 2.35 bits per heavy atom. The zero-order chi connectivity index (χ0) is 12.3. The minimum Gasteiger partial charge on any atom is -0.316 e. The van der Waals surface area contributed by atoms with Gasteiger partial charge in [-0.3, -0.25) is 4.98 Å². The minimum atomic E-state index is 0.584. The van der Waals surface area contributed by atoms with Crippen LogP contribution in [-0.2, 0) is 6.42 Å². The van der Waals surface area contributed by atoms with Crippen LogP contribution in [0.2, 0.25) is 0 Å². The van der Waals surface area contributed by atoms with Crippen molar-refractivity contribution in [1.82, 2.24) is 10.3 Å². The van der Waals surface area contributed by atoms with E-state index in [1.54, 1.807) is 0 Å². The van der Waals surface area contributed by atoms with Crippen LogP contribution < -0.4 is 5.32 Å². The zero-order valence-corrected chi connectivity index (χ0v) is 11.2. The number of pyridine rings is 1. The maximum atomic E-state index is 4.60. The van der Waals surface area contributed by atoms with Crippen LogP contribution in [-0.4, -0.2) is 18.1 Å². The molecular formula is C15H24N2. The molecule has 0 saturated heterocycles. The molecule has 2 heteroatoms. The second kappa shape index (κ2) is 5.63. The lowest BCUT2D eigenvalue weighted by atomic mass is 9.88. The fraction of sp³-hybridized carbons (Fsp3) is 0.667. The van der Waals surface area contributed by atoms with Gasteiger partial charge in [-0.25, -0.2) is 0 Å². The van der Waals surface area contributed by atoms with E-state index >= 15 is 0 Å². The first-order valence-corrected chi connectivity index (χ1v) is 6.87. The van der Waals surface area contributed by atoms with E-state index in [9.17, 15) is 0 Å². The van der Waals surface area contributed by atoms with Crippen LogP contribution in [0.5, 0.6) is 0 Å². The summed E-state index contributed by atoms with van der Waals surface area (Å²) in [5.41, 5.74) is 2.80. The van der Waals surface area contributed by atoms with Gasteiger partial charge < -0.3 is 5.32 Å². The molecule has 3 unspecified atom stereocenters. The molecule has 0 saturated carbocycles. The van der Waals surface area contributed by atoms with Crippen molar-refractivity contribution in [2.75, 3.05) is 7.05 Å². The van der Waals surface area contributed by atoms with Gasteiger partial charge in [-0.2, -0.15) is 0 Å². The quantitative estimate of drug-likeness (QED) is 0.843. The van der Waals surface area contributed by atoms with Crippen molar-refractivity contribution in [3.8, 4) is 0 Å². The van der Waals surface area contributed by atoms with Gasteiger partial charge in [0, 0.05) is 23.9 Å². The Bertz CT molecular complexity index is 362. The van der Waals surface area contributed by atoms with Gasteiger partial charge >= 0.3 is 0 Å². The summed E-state index contributed by atoms with van der Waals surface area (Å²) >= 11 is 0. The first-order valence-electron chi connectivity index (χ1n) is 6.87. The van der Waals surface area contributed by atoms with Gasteiger partial charge in [0.1, 0.15) is 0 Å². The highest BCUT2D eigenvalue weighted by Crippen LogP contribution is 2.35. The van der Waals surface area contributed by atoms with E-state index in [1.165, 1.54) is 36.9 Å². The van der Waals surface area contributed by atoms with E-state index in [-0.39, 0.29) is 0 Å². The van der Waals surface area contributed by atoms with E-state index in [0.717, 1.165) is 5.92 Å². The molecule has 0 bridgehead atoms. The van der Waals surface area contributed by atoms with Crippen molar-refractivity contribution in [3.63, 3.8) is 0 Å². The summed E-state index contributed by atoms with van der Waals surface area (Å²) in [6.45, 7) is 4.62. The Morgan fingerprint density at radius 1 is 1.53 bits per heavy atom. The topological polar surface area (TPSA) is 24.9 Å². The molecule has 17 heavy (non-hydrogen) atoms. The van der Waals surface area contributed by atoms with E-state index in [2.05, 4.69) is 43.3 Å². The summed E-state index contributed by atoms with van der Waals surface area (Å²) in [7, 11) is 2.09. The van der Waals surface area contributed by atoms with Crippen LogP contribution in [0.25, 0.3) is 0 Å². The van der Waals surface area contributed by atoms with Crippen LogP contribution in [0.3, 0.4) is 0 Å². The van der Waals surface area contributed by atoms with E-state index in [1.807, 2.05) is 6.20 Å². The van der Waals surface area contributed by atoms with Crippen LogP contribution in [0, 0.1) is 5.92 Å². The molecule has 2 nitrogen and oxygen atoms in total. The monoisotopic (exact) mass is 232 g/mol. The average Bonchev–Trinajstić information content (AvgIpc) is 2.79. The Labute approximate surface area is 105 Å². The third-order valence-corrected chi connectivity index (χ3v) is 4.21. The average molecular weight is 232 g/mol. The lowest BCUT2D eigenvalue weighted by Gasteiger charge is -2.25. The van der Waals surface area contributed by atoms with Gasteiger partial charge in [-0.05, 0) is 43.9 Å². The predicted octanol–water partition coefficient (Wildman–Crippen LogP) is 3.14. The summed E-state index contributed by atoms with van der Waals surface area (Å²) in [4.78, 5) is 4.60. The summed E-state index contributed by atoms with van der Waals surface area (Å²) in [5, 5.41) is 3.51. The third kappa shape index (κ3) is 2.68. The molecule has 0 aromatic carbocycles. The molecule has 0 aliphatic heterocycles. The Balaban J connectivity index is 2.12.